The number of fused-ring (bicyclic) bond motifs is 1. The Labute approximate surface area is 119 Å². The molecule has 2 N–H and O–H groups in total. The van der Waals surface area contributed by atoms with E-state index in [2.05, 4.69) is 5.32 Å². The van der Waals surface area contributed by atoms with E-state index in [0.717, 1.165) is 25.1 Å². The van der Waals surface area contributed by atoms with E-state index in [4.69, 9.17) is 0 Å². The average Bonchev–Trinajstić information content (AvgIpc) is 2.46. The van der Waals surface area contributed by atoms with Crippen LogP contribution in [0.2, 0.25) is 0 Å². The van der Waals surface area contributed by atoms with E-state index in [1.165, 1.54) is 9.87 Å². The van der Waals surface area contributed by atoms with E-state index in [1.807, 2.05) is 6.07 Å². The first-order valence-electron chi connectivity index (χ1n) is 7.12. The SMILES string of the molecule is O=S(=O)(c1ccc2c(c1)NCCC2)N1CCCC(O)C1. The third kappa shape index (κ3) is 2.55. The van der Waals surface area contributed by atoms with Gasteiger partial charge in [0, 0.05) is 25.3 Å². The standard InChI is InChI=1S/C14H20N2O3S/c17-12-4-2-8-16(10-12)20(18,19)13-6-5-11-3-1-7-15-14(11)9-13/h5-6,9,12,15,17H,1-4,7-8,10H2. The van der Waals surface area contributed by atoms with Crippen LogP contribution in [0.5, 0.6) is 0 Å². The van der Waals surface area contributed by atoms with Gasteiger partial charge in [-0.2, -0.15) is 4.31 Å². The molecule has 5 nitrogen and oxygen atoms in total. The second kappa shape index (κ2) is 5.35. The molecule has 20 heavy (non-hydrogen) atoms. The minimum Gasteiger partial charge on any atom is -0.392 e. The van der Waals surface area contributed by atoms with Crippen molar-refractivity contribution in [3.63, 3.8) is 0 Å². The average molecular weight is 296 g/mol. The van der Waals surface area contributed by atoms with Crippen molar-refractivity contribution >= 4 is 15.7 Å². The van der Waals surface area contributed by atoms with Crippen molar-refractivity contribution in [3.8, 4) is 0 Å². The normalized spacial score (nSPS) is 23.9. The van der Waals surface area contributed by atoms with Crippen LogP contribution in [0.3, 0.4) is 0 Å². The molecule has 6 heteroatoms. The highest BCUT2D eigenvalue weighted by Crippen LogP contribution is 2.28. The number of anilines is 1. The highest BCUT2D eigenvalue weighted by Gasteiger charge is 2.30. The monoisotopic (exact) mass is 296 g/mol. The lowest BCUT2D eigenvalue weighted by molar-refractivity contribution is 0.108. The van der Waals surface area contributed by atoms with Gasteiger partial charge in [-0.15, -0.1) is 0 Å². The van der Waals surface area contributed by atoms with Crippen LogP contribution in [-0.4, -0.2) is 43.6 Å². The topological polar surface area (TPSA) is 69.6 Å². The van der Waals surface area contributed by atoms with E-state index in [0.29, 0.717) is 24.3 Å². The molecule has 0 aromatic heterocycles. The van der Waals surface area contributed by atoms with E-state index in [9.17, 15) is 13.5 Å². The lowest BCUT2D eigenvalue weighted by Gasteiger charge is -2.29. The molecule has 1 unspecified atom stereocenters. The van der Waals surface area contributed by atoms with Gasteiger partial charge in [-0.05, 0) is 43.4 Å². The van der Waals surface area contributed by atoms with Crippen LogP contribution in [0.15, 0.2) is 23.1 Å². The van der Waals surface area contributed by atoms with Crippen molar-refractivity contribution in [1.29, 1.82) is 0 Å². The maximum absolute atomic E-state index is 12.6. The Morgan fingerprint density at radius 2 is 2.15 bits per heavy atom. The molecule has 1 fully saturated rings. The summed E-state index contributed by atoms with van der Waals surface area (Å²) in [7, 11) is -3.50. The van der Waals surface area contributed by atoms with Gasteiger partial charge < -0.3 is 10.4 Å². The number of nitrogens with one attached hydrogen (secondary N) is 1. The summed E-state index contributed by atoms with van der Waals surface area (Å²) in [6, 6.07) is 5.31. The van der Waals surface area contributed by atoms with Gasteiger partial charge in [0.1, 0.15) is 0 Å². The summed E-state index contributed by atoms with van der Waals surface area (Å²) in [4.78, 5) is 0.319. The first kappa shape index (κ1) is 13.9. The van der Waals surface area contributed by atoms with Gasteiger partial charge in [-0.3, -0.25) is 0 Å². The summed E-state index contributed by atoms with van der Waals surface area (Å²) in [5, 5.41) is 12.9. The van der Waals surface area contributed by atoms with Crippen LogP contribution >= 0.6 is 0 Å². The van der Waals surface area contributed by atoms with Gasteiger partial charge in [0.2, 0.25) is 10.0 Å². The molecular formula is C14H20N2O3S. The second-order valence-electron chi connectivity index (χ2n) is 5.51. The van der Waals surface area contributed by atoms with Crippen molar-refractivity contribution in [2.75, 3.05) is 25.0 Å². The second-order valence-corrected chi connectivity index (χ2v) is 7.45. The number of hydrogen-bond acceptors (Lipinski definition) is 4. The van der Waals surface area contributed by atoms with Crippen molar-refractivity contribution in [3.05, 3.63) is 23.8 Å². The summed E-state index contributed by atoms with van der Waals surface area (Å²) in [6.07, 6.45) is 2.92. The Morgan fingerprint density at radius 3 is 2.95 bits per heavy atom. The maximum Gasteiger partial charge on any atom is 0.243 e. The first-order chi connectivity index (χ1) is 9.57. The minimum atomic E-state index is -3.50. The summed E-state index contributed by atoms with van der Waals surface area (Å²) >= 11 is 0. The summed E-state index contributed by atoms with van der Waals surface area (Å²) < 4.78 is 26.6. The van der Waals surface area contributed by atoms with Crippen LogP contribution in [0.4, 0.5) is 5.69 Å². The van der Waals surface area contributed by atoms with Crippen LogP contribution in [0.25, 0.3) is 0 Å². The molecule has 1 aromatic carbocycles. The van der Waals surface area contributed by atoms with Gasteiger partial charge >= 0.3 is 0 Å². The number of nitrogens with zero attached hydrogens (tertiary/aromatic N) is 1. The zero-order valence-electron chi connectivity index (χ0n) is 11.4. The van der Waals surface area contributed by atoms with E-state index in [1.54, 1.807) is 12.1 Å². The Morgan fingerprint density at radius 1 is 1.30 bits per heavy atom. The van der Waals surface area contributed by atoms with Gasteiger partial charge in [-0.25, -0.2) is 8.42 Å². The molecule has 0 amide bonds. The van der Waals surface area contributed by atoms with Gasteiger partial charge in [0.05, 0.1) is 11.0 Å². The van der Waals surface area contributed by atoms with Gasteiger partial charge in [0.25, 0.3) is 0 Å². The van der Waals surface area contributed by atoms with Gasteiger partial charge in [-0.1, -0.05) is 6.07 Å². The number of aliphatic hydroxyl groups excluding tert-OH is 1. The number of benzene rings is 1. The van der Waals surface area contributed by atoms with Crippen LogP contribution in [-0.2, 0) is 16.4 Å². The molecule has 0 aliphatic carbocycles. The quantitative estimate of drug-likeness (QED) is 0.860. The molecule has 1 saturated heterocycles. The predicted molar refractivity (Wildman–Crippen MR) is 77.3 cm³/mol. The number of rotatable bonds is 2. The summed E-state index contributed by atoms with van der Waals surface area (Å²) in [5.41, 5.74) is 2.10. The number of sulfonamides is 1. The third-order valence-electron chi connectivity index (χ3n) is 4.02. The molecule has 110 valence electrons. The first-order valence-corrected chi connectivity index (χ1v) is 8.56. The zero-order valence-corrected chi connectivity index (χ0v) is 12.2. The molecule has 1 aromatic rings. The lowest BCUT2D eigenvalue weighted by Crippen LogP contribution is -2.42. The number of piperidine rings is 1. The van der Waals surface area contributed by atoms with Crippen molar-refractivity contribution < 1.29 is 13.5 Å². The Balaban J connectivity index is 1.90. The lowest BCUT2D eigenvalue weighted by atomic mass is 10.0. The van der Waals surface area contributed by atoms with Crippen LogP contribution in [0, 0.1) is 0 Å². The van der Waals surface area contributed by atoms with Crippen molar-refractivity contribution in [1.82, 2.24) is 4.31 Å². The molecule has 1 atom stereocenters. The molecular weight excluding hydrogens is 276 g/mol. The van der Waals surface area contributed by atoms with Crippen LogP contribution in [0.1, 0.15) is 24.8 Å². The van der Waals surface area contributed by atoms with Gasteiger partial charge in [0.15, 0.2) is 0 Å². The number of hydrogen-bond donors (Lipinski definition) is 2. The van der Waals surface area contributed by atoms with E-state index < -0.39 is 16.1 Å². The maximum atomic E-state index is 12.6. The minimum absolute atomic E-state index is 0.201. The highest BCUT2D eigenvalue weighted by molar-refractivity contribution is 7.89. The Kier molecular flexibility index (Phi) is 3.70. The largest absolute Gasteiger partial charge is 0.392 e. The van der Waals surface area contributed by atoms with Crippen molar-refractivity contribution in [2.45, 2.75) is 36.7 Å². The number of aliphatic hydroxyl groups is 1. The Hall–Kier alpha value is -1.11. The zero-order chi connectivity index (χ0) is 14.2. The molecule has 3 rings (SSSR count). The fourth-order valence-corrected chi connectivity index (χ4v) is 4.43. The predicted octanol–water partition coefficient (Wildman–Crippen LogP) is 1.19. The fourth-order valence-electron chi connectivity index (χ4n) is 2.89. The number of β-amino-alcohol motifs (C(OH)–C–C–N with tert-alkyl or cyclic N) is 1. The fraction of sp³-hybridized carbons (Fsp3) is 0.571. The molecule has 2 aliphatic rings. The van der Waals surface area contributed by atoms with E-state index in [-0.39, 0.29) is 6.54 Å². The summed E-state index contributed by atoms with van der Waals surface area (Å²) in [6.45, 7) is 1.58. The van der Waals surface area contributed by atoms with Crippen LogP contribution < -0.4 is 5.32 Å². The molecule has 2 heterocycles. The molecule has 0 bridgehead atoms. The summed E-state index contributed by atoms with van der Waals surface area (Å²) in [5.74, 6) is 0. The molecule has 0 spiro atoms. The molecule has 2 aliphatic heterocycles. The smallest absolute Gasteiger partial charge is 0.243 e. The highest BCUT2D eigenvalue weighted by atomic mass is 32.2. The molecule has 0 saturated carbocycles. The number of aryl methyl sites for hydroxylation is 1. The molecule has 0 radical (unpaired) electrons. The van der Waals surface area contributed by atoms with E-state index >= 15 is 0 Å². The Bertz CT molecular complexity index is 600. The van der Waals surface area contributed by atoms with Crippen molar-refractivity contribution in [2.24, 2.45) is 0 Å². The third-order valence-corrected chi connectivity index (χ3v) is 5.88.